The molecule has 0 fully saturated rings. The van der Waals surface area contributed by atoms with E-state index in [0.717, 1.165) is 30.4 Å². The maximum Gasteiger partial charge on any atom is 0.271 e. The summed E-state index contributed by atoms with van der Waals surface area (Å²) < 4.78 is 53.3. The Hall–Kier alpha value is -4.93. The Kier molecular flexibility index (Phi) is 6.36. The van der Waals surface area contributed by atoms with Gasteiger partial charge in [0, 0.05) is 35.6 Å². The molecular weight excluding hydrogens is 531 g/mol. The summed E-state index contributed by atoms with van der Waals surface area (Å²) >= 11 is 0. The number of aryl methyl sites for hydroxylation is 2. The van der Waals surface area contributed by atoms with E-state index in [1.807, 2.05) is 48.7 Å². The first-order valence-electron chi connectivity index (χ1n) is 12.9. The molecule has 0 saturated carbocycles. The molecule has 0 aliphatic heterocycles. The molecule has 0 amide bonds. The maximum absolute atomic E-state index is 14.7. The van der Waals surface area contributed by atoms with Gasteiger partial charge in [0.2, 0.25) is 0 Å². The van der Waals surface area contributed by atoms with Crippen LogP contribution in [-0.2, 0) is 0 Å². The summed E-state index contributed by atoms with van der Waals surface area (Å²) in [6.45, 7) is 4.80. The third kappa shape index (κ3) is 4.83. The zero-order chi connectivity index (χ0) is 28.9. The van der Waals surface area contributed by atoms with Gasteiger partial charge >= 0.3 is 0 Å². The Morgan fingerprint density at radius 2 is 1.61 bits per heavy atom. The van der Waals surface area contributed by atoms with Crippen molar-refractivity contribution >= 4 is 5.65 Å². The van der Waals surface area contributed by atoms with Crippen molar-refractivity contribution in [3.05, 3.63) is 102 Å². The number of pyridine rings is 2. The third-order valence-corrected chi connectivity index (χ3v) is 6.97. The van der Waals surface area contributed by atoms with Crippen molar-refractivity contribution in [1.82, 2.24) is 33.9 Å². The minimum absolute atomic E-state index is 0.242. The molecule has 1 aromatic carbocycles. The number of ether oxygens (including phenoxy) is 1. The van der Waals surface area contributed by atoms with Gasteiger partial charge in [-0.25, -0.2) is 22.7 Å². The highest BCUT2D eigenvalue weighted by Crippen LogP contribution is 2.36. The molecule has 6 rings (SSSR count). The van der Waals surface area contributed by atoms with Gasteiger partial charge in [-0.15, -0.1) is 5.10 Å². The predicted molar refractivity (Wildman–Crippen MR) is 148 cm³/mol. The van der Waals surface area contributed by atoms with Gasteiger partial charge in [-0.2, -0.15) is 10.1 Å². The van der Waals surface area contributed by atoms with Crippen LogP contribution in [0.2, 0.25) is 0 Å². The molecule has 6 aromatic rings. The molecule has 1 atom stereocenters. The number of methoxy groups -OCH3 is 1. The van der Waals surface area contributed by atoms with Crippen molar-refractivity contribution in [3.63, 3.8) is 0 Å². The van der Waals surface area contributed by atoms with Crippen LogP contribution in [0.4, 0.5) is 13.2 Å². The van der Waals surface area contributed by atoms with Crippen molar-refractivity contribution < 1.29 is 17.9 Å². The van der Waals surface area contributed by atoms with Crippen LogP contribution in [0, 0.1) is 19.7 Å². The molecule has 0 aliphatic rings. The molecule has 0 aliphatic carbocycles. The first-order valence-corrected chi connectivity index (χ1v) is 12.9. The zero-order valence-corrected chi connectivity index (χ0v) is 22.8. The third-order valence-electron chi connectivity index (χ3n) is 6.97. The van der Waals surface area contributed by atoms with Gasteiger partial charge in [-0.1, -0.05) is 18.2 Å². The minimum atomic E-state index is -3.16. The highest BCUT2D eigenvalue weighted by molar-refractivity contribution is 5.73. The molecule has 0 radical (unpaired) electrons. The van der Waals surface area contributed by atoms with Crippen LogP contribution in [0.3, 0.4) is 0 Å². The summed E-state index contributed by atoms with van der Waals surface area (Å²) in [5.74, 6) is -2.58. The molecule has 0 unspecified atom stereocenters. The fourth-order valence-electron chi connectivity index (χ4n) is 5.02. The number of hydrogen-bond acceptors (Lipinski definition) is 5. The fourth-order valence-corrected chi connectivity index (χ4v) is 5.02. The van der Waals surface area contributed by atoms with Crippen LogP contribution in [-0.4, -0.2) is 47.0 Å². The lowest BCUT2D eigenvalue weighted by Crippen LogP contribution is -2.29. The van der Waals surface area contributed by atoms with Crippen LogP contribution < -0.4 is 4.74 Å². The van der Waals surface area contributed by atoms with Crippen molar-refractivity contribution in [2.45, 2.75) is 32.7 Å². The number of aromatic nitrogens is 7. The fraction of sp³-hybridized carbons (Fsp3) is 0.200. The van der Waals surface area contributed by atoms with Crippen LogP contribution in [0.1, 0.15) is 29.9 Å². The number of benzene rings is 1. The number of hydrogen-bond donors (Lipinski definition) is 0. The Morgan fingerprint density at radius 1 is 0.902 bits per heavy atom. The average Bonchev–Trinajstić information content (AvgIpc) is 3.66. The lowest BCUT2D eigenvalue weighted by molar-refractivity contribution is -0.0217. The second kappa shape index (κ2) is 9.92. The highest BCUT2D eigenvalue weighted by Gasteiger charge is 2.37. The Bertz CT molecular complexity index is 1850. The number of alkyl halides is 2. The van der Waals surface area contributed by atoms with Crippen LogP contribution >= 0.6 is 0 Å². The molecule has 41 heavy (non-hydrogen) atoms. The summed E-state index contributed by atoms with van der Waals surface area (Å²) in [5.41, 5.74) is 5.26. The van der Waals surface area contributed by atoms with Gasteiger partial charge in [0.25, 0.3) is 11.9 Å². The quantitative estimate of drug-likeness (QED) is 0.225. The molecule has 5 aromatic heterocycles. The van der Waals surface area contributed by atoms with Gasteiger partial charge < -0.3 is 4.74 Å². The monoisotopic (exact) mass is 557 g/mol. The molecule has 208 valence electrons. The summed E-state index contributed by atoms with van der Waals surface area (Å²) in [6.07, 6.45) is 4.75. The van der Waals surface area contributed by atoms with Crippen molar-refractivity contribution in [2.24, 2.45) is 0 Å². The van der Waals surface area contributed by atoms with Gasteiger partial charge in [-0.3, -0.25) is 9.25 Å². The smallest absolute Gasteiger partial charge is 0.271 e. The summed E-state index contributed by atoms with van der Waals surface area (Å²) in [7, 11) is 1.57. The first kappa shape index (κ1) is 26.3. The molecule has 0 bridgehead atoms. The Balaban J connectivity index is 1.38. The lowest BCUT2D eigenvalue weighted by atomic mass is 10.0. The molecule has 0 saturated heterocycles. The van der Waals surface area contributed by atoms with Gasteiger partial charge in [0.05, 0.1) is 30.9 Å². The molecule has 0 N–H and O–H groups in total. The first-order chi connectivity index (χ1) is 19.6. The van der Waals surface area contributed by atoms with E-state index in [4.69, 9.17) is 14.7 Å². The summed E-state index contributed by atoms with van der Waals surface area (Å²) in [5, 5.41) is 8.86. The van der Waals surface area contributed by atoms with E-state index in [0.29, 0.717) is 39.9 Å². The van der Waals surface area contributed by atoms with Gasteiger partial charge in [-0.05, 0) is 61.9 Å². The molecule has 5 heterocycles. The second-order valence-electron chi connectivity index (χ2n) is 9.95. The van der Waals surface area contributed by atoms with E-state index in [1.165, 1.54) is 29.2 Å². The number of fused-ring (bicyclic) bond motifs is 1. The van der Waals surface area contributed by atoms with E-state index in [1.54, 1.807) is 23.9 Å². The number of rotatable bonds is 7. The summed E-state index contributed by atoms with van der Waals surface area (Å²) in [4.78, 5) is 9.52. The van der Waals surface area contributed by atoms with Gasteiger partial charge in [0.1, 0.15) is 17.6 Å². The van der Waals surface area contributed by atoms with Crippen molar-refractivity contribution in [3.8, 4) is 34.2 Å². The Morgan fingerprint density at radius 3 is 2.29 bits per heavy atom. The highest BCUT2D eigenvalue weighted by atomic mass is 19.3. The normalized spacial score (nSPS) is 12.7. The predicted octanol–water partition coefficient (Wildman–Crippen LogP) is 6.45. The van der Waals surface area contributed by atoms with Crippen LogP contribution in [0.5, 0.6) is 5.75 Å². The van der Waals surface area contributed by atoms with E-state index in [2.05, 4.69) is 10.2 Å². The van der Waals surface area contributed by atoms with Crippen molar-refractivity contribution in [1.29, 1.82) is 0 Å². The van der Waals surface area contributed by atoms with E-state index in [-0.39, 0.29) is 5.56 Å². The zero-order valence-electron chi connectivity index (χ0n) is 22.8. The molecular formula is C30H26F3N7O. The Labute approximate surface area is 233 Å². The second-order valence-corrected chi connectivity index (χ2v) is 9.95. The summed E-state index contributed by atoms with van der Waals surface area (Å²) in [6, 6.07) is 14.9. The van der Waals surface area contributed by atoms with Gasteiger partial charge in [0.15, 0.2) is 5.65 Å². The molecule has 8 nitrogen and oxygen atoms in total. The minimum Gasteiger partial charge on any atom is -0.494 e. The number of halogens is 3. The topological polar surface area (TPSA) is 75.1 Å². The molecule has 0 spiro atoms. The largest absolute Gasteiger partial charge is 0.494 e. The van der Waals surface area contributed by atoms with Crippen LogP contribution in [0.25, 0.3) is 34.1 Å². The SMILES string of the molecule is COc1cn2nc(-n3c(C)ccc3C)nc2cc1-c1cccc(-c2cnn([C@H](c3ccc(F)cc3)C(C)(F)F)c2)n1. The lowest BCUT2D eigenvalue weighted by Gasteiger charge is -2.24. The van der Waals surface area contributed by atoms with E-state index >= 15 is 0 Å². The average molecular weight is 558 g/mol. The van der Waals surface area contributed by atoms with E-state index < -0.39 is 17.8 Å². The van der Waals surface area contributed by atoms with E-state index in [9.17, 15) is 13.2 Å². The number of nitrogens with zero attached hydrogens (tertiary/aromatic N) is 7. The standard InChI is InChI=1S/C30H26F3N7O/c1-18-8-9-19(2)40(18)29-36-27-14-23(26(41-4)17-38(27)37-29)25-7-5-6-24(35-25)21-15-34-39(16-21)28(30(3,32)33)20-10-12-22(31)13-11-20/h5-17,28H,1-4H3/t28-/m1/s1. The van der Waals surface area contributed by atoms with Crippen molar-refractivity contribution in [2.75, 3.05) is 7.11 Å². The maximum atomic E-state index is 14.7. The molecule has 11 heteroatoms. The van der Waals surface area contributed by atoms with Crippen LogP contribution in [0.15, 0.2) is 79.3 Å².